The van der Waals surface area contributed by atoms with Crippen LogP contribution in [0.3, 0.4) is 0 Å². The standard InChI is InChI=1S/C20H20N4O4/c1-12(17-7-4-8-28-17)22-18(25)11-24-19(26)16(23-20(24)27)9-13-10-21-15-6-3-2-5-14(13)15/h2-8,10,12,16,21H,9,11H2,1H3,(H,22,25)(H,23,27). The number of carbonyl (C=O) groups is 3. The lowest BCUT2D eigenvalue weighted by Gasteiger charge is -2.15. The zero-order chi connectivity index (χ0) is 19.7. The molecule has 0 radical (unpaired) electrons. The van der Waals surface area contributed by atoms with Gasteiger partial charge in [-0.15, -0.1) is 0 Å². The zero-order valence-corrected chi connectivity index (χ0v) is 15.3. The van der Waals surface area contributed by atoms with Crippen LogP contribution < -0.4 is 10.6 Å². The molecule has 28 heavy (non-hydrogen) atoms. The molecule has 0 saturated carbocycles. The van der Waals surface area contributed by atoms with Crippen LogP contribution in [0.15, 0.2) is 53.3 Å². The number of fused-ring (bicyclic) bond motifs is 1. The fraction of sp³-hybridized carbons (Fsp3) is 0.250. The monoisotopic (exact) mass is 380 g/mol. The number of hydrogen-bond acceptors (Lipinski definition) is 4. The van der Waals surface area contributed by atoms with Gasteiger partial charge in [0.1, 0.15) is 18.3 Å². The zero-order valence-electron chi connectivity index (χ0n) is 15.3. The SMILES string of the molecule is CC(NC(=O)CN1C(=O)NC(Cc2c[nH]c3ccccc23)C1=O)c1ccco1. The number of H-pyrrole nitrogens is 1. The molecule has 4 rings (SSSR count). The summed E-state index contributed by atoms with van der Waals surface area (Å²) in [5.74, 6) is -0.237. The predicted octanol–water partition coefficient (Wildman–Crippen LogP) is 2.10. The molecule has 8 heteroatoms. The topological polar surface area (TPSA) is 107 Å². The molecule has 8 nitrogen and oxygen atoms in total. The Morgan fingerprint density at radius 2 is 2.07 bits per heavy atom. The van der Waals surface area contributed by atoms with E-state index < -0.39 is 23.9 Å². The van der Waals surface area contributed by atoms with Crippen molar-refractivity contribution in [3.63, 3.8) is 0 Å². The number of rotatable bonds is 6. The van der Waals surface area contributed by atoms with Crippen molar-refractivity contribution < 1.29 is 18.8 Å². The maximum atomic E-state index is 12.7. The Morgan fingerprint density at radius 1 is 1.25 bits per heavy atom. The summed E-state index contributed by atoms with van der Waals surface area (Å²) in [5, 5.41) is 6.40. The Kier molecular flexibility index (Phi) is 4.60. The first-order valence-corrected chi connectivity index (χ1v) is 9.02. The van der Waals surface area contributed by atoms with Crippen LogP contribution in [-0.4, -0.2) is 40.3 Å². The number of carbonyl (C=O) groups excluding carboxylic acids is 3. The van der Waals surface area contributed by atoms with Crippen molar-refractivity contribution in [2.75, 3.05) is 6.54 Å². The van der Waals surface area contributed by atoms with Crippen molar-refractivity contribution >= 4 is 28.7 Å². The van der Waals surface area contributed by atoms with E-state index in [0.29, 0.717) is 12.2 Å². The summed E-state index contributed by atoms with van der Waals surface area (Å²) in [6.45, 7) is 1.43. The summed E-state index contributed by atoms with van der Waals surface area (Å²) in [5.41, 5.74) is 1.91. The Labute approximate surface area is 160 Å². The van der Waals surface area contributed by atoms with E-state index in [9.17, 15) is 14.4 Å². The van der Waals surface area contributed by atoms with Gasteiger partial charge in [-0.2, -0.15) is 0 Å². The van der Waals surface area contributed by atoms with E-state index in [1.807, 2.05) is 30.5 Å². The van der Waals surface area contributed by atoms with Gasteiger partial charge < -0.3 is 20.0 Å². The van der Waals surface area contributed by atoms with Gasteiger partial charge in [-0.25, -0.2) is 4.79 Å². The number of benzene rings is 1. The first-order chi connectivity index (χ1) is 13.5. The Morgan fingerprint density at radius 3 is 2.86 bits per heavy atom. The van der Waals surface area contributed by atoms with Gasteiger partial charge >= 0.3 is 6.03 Å². The Bertz CT molecular complexity index is 1020. The molecule has 1 saturated heterocycles. The molecule has 0 bridgehead atoms. The molecule has 3 N–H and O–H groups in total. The van der Waals surface area contributed by atoms with Crippen LogP contribution >= 0.6 is 0 Å². The van der Waals surface area contributed by atoms with Gasteiger partial charge in [-0.3, -0.25) is 14.5 Å². The van der Waals surface area contributed by atoms with Crippen molar-refractivity contribution in [2.24, 2.45) is 0 Å². The van der Waals surface area contributed by atoms with Gasteiger partial charge in [0.25, 0.3) is 5.91 Å². The number of nitrogens with one attached hydrogen (secondary N) is 3. The van der Waals surface area contributed by atoms with E-state index in [2.05, 4.69) is 15.6 Å². The Hall–Kier alpha value is -3.55. The highest BCUT2D eigenvalue weighted by Crippen LogP contribution is 2.21. The molecular formula is C20H20N4O4. The first-order valence-electron chi connectivity index (χ1n) is 9.02. The smallest absolute Gasteiger partial charge is 0.325 e. The molecule has 1 aromatic carbocycles. The number of para-hydroxylation sites is 1. The summed E-state index contributed by atoms with van der Waals surface area (Å²) in [6.07, 6.45) is 3.71. The van der Waals surface area contributed by atoms with Crippen LogP contribution in [0.4, 0.5) is 4.79 Å². The van der Waals surface area contributed by atoms with E-state index in [1.165, 1.54) is 6.26 Å². The summed E-state index contributed by atoms with van der Waals surface area (Å²) in [4.78, 5) is 41.3. The normalized spacial score (nSPS) is 17.8. The van der Waals surface area contributed by atoms with Crippen molar-refractivity contribution in [1.82, 2.24) is 20.5 Å². The molecule has 1 aliphatic heterocycles. The molecular weight excluding hydrogens is 360 g/mol. The molecule has 0 spiro atoms. The fourth-order valence-electron chi connectivity index (χ4n) is 3.42. The van der Waals surface area contributed by atoms with Crippen LogP contribution in [0.1, 0.15) is 24.3 Å². The minimum Gasteiger partial charge on any atom is -0.467 e. The number of urea groups is 1. The molecule has 1 fully saturated rings. The van der Waals surface area contributed by atoms with Crippen LogP contribution in [0.5, 0.6) is 0 Å². The van der Waals surface area contributed by atoms with Crippen molar-refractivity contribution in [2.45, 2.75) is 25.4 Å². The van der Waals surface area contributed by atoms with Gasteiger partial charge in [-0.1, -0.05) is 18.2 Å². The number of hydrogen-bond donors (Lipinski definition) is 3. The number of aromatic nitrogens is 1. The molecule has 144 valence electrons. The van der Waals surface area contributed by atoms with Crippen molar-refractivity contribution in [3.05, 3.63) is 60.2 Å². The Balaban J connectivity index is 1.40. The number of furan rings is 1. The lowest BCUT2D eigenvalue weighted by atomic mass is 10.1. The maximum Gasteiger partial charge on any atom is 0.325 e. The third-order valence-electron chi connectivity index (χ3n) is 4.86. The average molecular weight is 380 g/mol. The summed E-state index contributed by atoms with van der Waals surface area (Å²) in [6, 6.07) is 9.62. The van der Waals surface area contributed by atoms with E-state index >= 15 is 0 Å². The van der Waals surface area contributed by atoms with Gasteiger partial charge in [0.05, 0.1) is 12.3 Å². The van der Waals surface area contributed by atoms with E-state index in [0.717, 1.165) is 21.4 Å². The quantitative estimate of drug-likeness (QED) is 0.569. The lowest BCUT2D eigenvalue weighted by Crippen LogP contribution is -2.41. The second-order valence-electron chi connectivity index (χ2n) is 6.79. The number of aromatic amines is 1. The predicted molar refractivity (Wildman–Crippen MR) is 101 cm³/mol. The van der Waals surface area contributed by atoms with Gasteiger partial charge in [0.15, 0.2) is 0 Å². The molecule has 3 heterocycles. The second kappa shape index (κ2) is 7.22. The third kappa shape index (κ3) is 3.36. The molecule has 2 atom stereocenters. The van der Waals surface area contributed by atoms with E-state index in [1.54, 1.807) is 19.1 Å². The van der Waals surface area contributed by atoms with Crippen LogP contribution in [0.2, 0.25) is 0 Å². The average Bonchev–Trinajstić information content (AvgIpc) is 3.40. The van der Waals surface area contributed by atoms with Crippen molar-refractivity contribution in [3.8, 4) is 0 Å². The number of nitrogens with zero attached hydrogens (tertiary/aromatic N) is 1. The van der Waals surface area contributed by atoms with Crippen LogP contribution in [0.25, 0.3) is 10.9 Å². The minimum atomic E-state index is -0.693. The highest BCUT2D eigenvalue weighted by Gasteiger charge is 2.39. The maximum absolute atomic E-state index is 12.7. The third-order valence-corrected chi connectivity index (χ3v) is 4.86. The molecule has 4 amide bonds. The molecule has 0 aliphatic carbocycles. The van der Waals surface area contributed by atoms with E-state index in [-0.39, 0.29) is 12.6 Å². The largest absolute Gasteiger partial charge is 0.467 e. The fourth-order valence-corrected chi connectivity index (χ4v) is 3.42. The molecule has 2 unspecified atom stereocenters. The minimum absolute atomic E-state index is 0.333. The van der Waals surface area contributed by atoms with Gasteiger partial charge in [0.2, 0.25) is 5.91 Å². The summed E-state index contributed by atoms with van der Waals surface area (Å²) in [7, 11) is 0. The molecule has 1 aliphatic rings. The summed E-state index contributed by atoms with van der Waals surface area (Å²) >= 11 is 0. The highest BCUT2D eigenvalue weighted by atomic mass is 16.3. The first kappa shape index (κ1) is 17.8. The highest BCUT2D eigenvalue weighted by molar-refractivity contribution is 6.06. The van der Waals surface area contributed by atoms with E-state index in [4.69, 9.17) is 4.42 Å². The van der Waals surface area contributed by atoms with Crippen LogP contribution in [0, 0.1) is 0 Å². The van der Waals surface area contributed by atoms with Crippen molar-refractivity contribution in [1.29, 1.82) is 0 Å². The molecule has 2 aromatic heterocycles. The summed E-state index contributed by atoms with van der Waals surface area (Å²) < 4.78 is 5.24. The number of amides is 4. The number of imide groups is 1. The van der Waals surface area contributed by atoms with Gasteiger partial charge in [-0.05, 0) is 30.7 Å². The van der Waals surface area contributed by atoms with Gasteiger partial charge in [0, 0.05) is 23.5 Å². The molecule has 3 aromatic rings. The lowest BCUT2D eigenvalue weighted by molar-refractivity contribution is -0.132. The second-order valence-corrected chi connectivity index (χ2v) is 6.79. The van der Waals surface area contributed by atoms with Crippen LogP contribution in [-0.2, 0) is 16.0 Å².